The van der Waals surface area contributed by atoms with Crippen molar-refractivity contribution in [3.8, 4) is 0 Å². The van der Waals surface area contributed by atoms with Crippen LogP contribution in [0.3, 0.4) is 0 Å². The van der Waals surface area contributed by atoms with Gasteiger partial charge in [-0.1, -0.05) is 0 Å². The van der Waals surface area contributed by atoms with E-state index in [2.05, 4.69) is 0 Å². The van der Waals surface area contributed by atoms with Crippen LogP contribution in [-0.2, 0) is 4.79 Å². The van der Waals surface area contributed by atoms with Gasteiger partial charge in [0.25, 0.3) is 0 Å². The Morgan fingerprint density at radius 1 is 1.53 bits per heavy atom. The van der Waals surface area contributed by atoms with Crippen molar-refractivity contribution in [1.29, 1.82) is 0 Å². The summed E-state index contributed by atoms with van der Waals surface area (Å²) in [6.45, 7) is 3.40. The minimum absolute atomic E-state index is 0.156. The molecule has 1 heterocycles. The first-order valence-electron chi connectivity index (χ1n) is 5.72. The highest BCUT2D eigenvalue weighted by atomic mass is 16.3. The van der Waals surface area contributed by atoms with Crippen molar-refractivity contribution < 1.29 is 15.0 Å². The highest BCUT2D eigenvalue weighted by Crippen LogP contribution is 2.20. The molecule has 0 aromatic heterocycles. The zero-order chi connectivity index (χ0) is 11.3. The molecule has 1 rings (SSSR count). The number of aliphatic hydroxyl groups excluding tert-OH is 2. The molecule has 1 fully saturated rings. The van der Waals surface area contributed by atoms with Gasteiger partial charge in [0.15, 0.2) is 0 Å². The summed E-state index contributed by atoms with van der Waals surface area (Å²) in [6, 6.07) is 0. The molecule has 2 unspecified atom stereocenters. The lowest BCUT2D eigenvalue weighted by Gasteiger charge is -2.17. The zero-order valence-electron chi connectivity index (χ0n) is 9.35. The van der Waals surface area contributed by atoms with Crippen molar-refractivity contribution in [2.24, 2.45) is 5.92 Å². The van der Waals surface area contributed by atoms with Crippen LogP contribution in [0.2, 0.25) is 0 Å². The van der Waals surface area contributed by atoms with Gasteiger partial charge in [-0.25, -0.2) is 0 Å². The molecular weight excluding hydrogens is 194 g/mol. The Bertz CT molecular complexity index is 206. The fourth-order valence-corrected chi connectivity index (χ4v) is 1.95. The Morgan fingerprint density at radius 3 is 2.80 bits per heavy atom. The maximum absolute atomic E-state index is 11.7. The Kier molecular flexibility index (Phi) is 5.05. The molecule has 0 aliphatic carbocycles. The van der Waals surface area contributed by atoms with E-state index < -0.39 is 0 Å². The largest absolute Gasteiger partial charge is 0.396 e. The Balaban J connectivity index is 2.24. The van der Waals surface area contributed by atoms with Crippen molar-refractivity contribution >= 4 is 5.91 Å². The number of carbonyl (C=O) groups excluding carboxylic acids is 1. The minimum atomic E-state index is -0.319. The average Bonchev–Trinajstić information content (AvgIpc) is 2.66. The number of amides is 1. The summed E-state index contributed by atoms with van der Waals surface area (Å²) in [6.07, 6.45) is 2.56. The van der Waals surface area contributed by atoms with Crippen LogP contribution in [0.5, 0.6) is 0 Å². The lowest BCUT2D eigenvalue weighted by molar-refractivity contribution is -0.130. The Morgan fingerprint density at radius 2 is 2.27 bits per heavy atom. The molecule has 0 radical (unpaired) electrons. The predicted octanol–water partition coefficient (Wildman–Crippen LogP) is 0.378. The molecule has 2 N–H and O–H groups in total. The summed E-state index contributed by atoms with van der Waals surface area (Å²) in [5, 5.41) is 18.0. The quantitative estimate of drug-likeness (QED) is 0.652. The van der Waals surface area contributed by atoms with E-state index in [4.69, 9.17) is 5.11 Å². The molecule has 0 saturated carbocycles. The van der Waals surface area contributed by atoms with E-state index in [-0.39, 0.29) is 24.5 Å². The minimum Gasteiger partial charge on any atom is -0.396 e. The first kappa shape index (κ1) is 12.5. The number of hydrogen-bond acceptors (Lipinski definition) is 3. The molecule has 0 aromatic rings. The summed E-state index contributed by atoms with van der Waals surface area (Å²) in [7, 11) is 0. The molecule has 1 saturated heterocycles. The highest BCUT2D eigenvalue weighted by Gasteiger charge is 2.28. The van der Waals surface area contributed by atoms with Crippen LogP contribution in [0.15, 0.2) is 0 Å². The van der Waals surface area contributed by atoms with Crippen LogP contribution >= 0.6 is 0 Å². The number of aliphatic hydroxyl groups is 2. The molecule has 1 aliphatic heterocycles. The van der Waals surface area contributed by atoms with E-state index in [0.717, 1.165) is 19.4 Å². The van der Waals surface area contributed by atoms with E-state index in [1.165, 1.54) is 0 Å². The smallest absolute Gasteiger partial charge is 0.222 e. The molecule has 1 aliphatic rings. The van der Waals surface area contributed by atoms with Crippen LogP contribution in [0.1, 0.15) is 32.6 Å². The maximum atomic E-state index is 11.7. The SMILES string of the molecule is CC(O)C1CCN(C(=O)CCCCO)C1. The number of hydrogen-bond donors (Lipinski definition) is 2. The molecule has 88 valence electrons. The van der Waals surface area contributed by atoms with Crippen LogP contribution in [0.25, 0.3) is 0 Å². The topological polar surface area (TPSA) is 60.8 Å². The van der Waals surface area contributed by atoms with Gasteiger partial charge in [0.2, 0.25) is 5.91 Å². The average molecular weight is 215 g/mol. The summed E-state index contributed by atoms with van der Waals surface area (Å²) in [5.74, 6) is 0.401. The van der Waals surface area contributed by atoms with Gasteiger partial charge < -0.3 is 15.1 Å². The van der Waals surface area contributed by atoms with E-state index in [1.807, 2.05) is 4.90 Å². The van der Waals surface area contributed by atoms with E-state index in [1.54, 1.807) is 6.92 Å². The molecule has 4 nitrogen and oxygen atoms in total. The van der Waals surface area contributed by atoms with Gasteiger partial charge in [0.05, 0.1) is 6.10 Å². The van der Waals surface area contributed by atoms with Gasteiger partial charge in [-0.3, -0.25) is 4.79 Å². The van der Waals surface area contributed by atoms with Gasteiger partial charge in [0.1, 0.15) is 0 Å². The molecular formula is C11H21NO3. The van der Waals surface area contributed by atoms with Gasteiger partial charge in [-0.15, -0.1) is 0 Å². The molecule has 0 bridgehead atoms. The molecule has 15 heavy (non-hydrogen) atoms. The van der Waals surface area contributed by atoms with Gasteiger partial charge in [-0.2, -0.15) is 0 Å². The van der Waals surface area contributed by atoms with Crippen LogP contribution in [0, 0.1) is 5.92 Å². The number of likely N-dealkylation sites (tertiary alicyclic amines) is 1. The maximum Gasteiger partial charge on any atom is 0.222 e. The fraction of sp³-hybridized carbons (Fsp3) is 0.909. The van der Waals surface area contributed by atoms with Crippen LogP contribution in [-0.4, -0.2) is 46.8 Å². The molecule has 0 aromatic carbocycles. The standard InChI is InChI=1S/C11H21NO3/c1-9(14)10-5-6-12(8-10)11(15)4-2-3-7-13/h9-10,13-14H,2-8H2,1H3. The molecule has 1 amide bonds. The first-order valence-corrected chi connectivity index (χ1v) is 5.72. The third kappa shape index (κ3) is 3.80. The number of unbranched alkanes of at least 4 members (excludes halogenated alkanes) is 1. The molecule has 0 spiro atoms. The highest BCUT2D eigenvalue weighted by molar-refractivity contribution is 5.76. The predicted molar refractivity (Wildman–Crippen MR) is 57.3 cm³/mol. The second-order valence-electron chi connectivity index (χ2n) is 4.31. The molecule has 2 atom stereocenters. The monoisotopic (exact) mass is 215 g/mol. The summed E-state index contributed by atoms with van der Waals surface area (Å²) >= 11 is 0. The lowest BCUT2D eigenvalue weighted by atomic mass is 10.0. The Hall–Kier alpha value is -0.610. The number of nitrogens with zero attached hydrogens (tertiary/aromatic N) is 1. The normalized spacial score (nSPS) is 23.1. The summed E-state index contributed by atoms with van der Waals surface area (Å²) in [5.41, 5.74) is 0. The van der Waals surface area contributed by atoms with Gasteiger partial charge in [0, 0.05) is 32.0 Å². The third-order valence-corrected chi connectivity index (χ3v) is 3.06. The van der Waals surface area contributed by atoms with Crippen LogP contribution in [0.4, 0.5) is 0 Å². The van der Waals surface area contributed by atoms with Crippen molar-refractivity contribution in [1.82, 2.24) is 4.90 Å². The van der Waals surface area contributed by atoms with Crippen molar-refractivity contribution in [3.05, 3.63) is 0 Å². The molecule has 4 heteroatoms. The third-order valence-electron chi connectivity index (χ3n) is 3.06. The van der Waals surface area contributed by atoms with Crippen LogP contribution < -0.4 is 0 Å². The number of rotatable bonds is 5. The van der Waals surface area contributed by atoms with Crippen molar-refractivity contribution in [2.75, 3.05) is 19.7 Å². The van der Waals surface area contributed by atoms with Gasteiger partial charge in [-0.05, 0) is 26.2 Å². The van der Waals surface area contributed by atoms with E-state index in [9.17, 15) is 9.90 Å². The number of carbonyl (C=O) groups is 1. The lowest BCUT2D eigenvalue weighted by Crippen LogP contribution is -2.30. The summed E-state index contributed by atoms with van der Waals surface area (Å²) in [4.78, 5) is 13.5. The Labute approximate surface area is 90.9 Å². The van der Waals surface area contributed by atoms with Crippen molar-refractivity contribution in [2.45, 2.75) is 38.7 Å². The van der Waals surface area contributed by atoms with E-state index in [0.29, 0.717) is 19.4 Å². The van der Waals surface area contributed by atoms with Crippen molar-refractivity contribution in [3.63, 3.8) is 0 Å². The first-order chi connectivity index (χ1) is 7.15. The zero-order valence-corrected chi connectivity index (χ0v) is 9.35. The fourth-order valence-electron chi connectivity index (χ4n) is 1.95. The van der Waals surface area contributed by atoms with Gasteiger partial charge >= 0.3 is 0 Å². The van der Waals surface area contributed by atoms with E-state index >= 15 is 0 Å². The second kappa shape index (κ2) is 6.08. The second-order valence-corrected chi connectivity index (χ2v) is 4.31. The summed E-state index contributed by atoms with van der Waals surface area (Å²) < 4.78 is 0.